The van der Waals surface area contributed by atoms with E-state index < -0.39 is 0 Å². The molecule has 1 atom stereocenters. The van der Waals surface area contributed by atoms with Crippen LogP contribution in [0.2, 0.25) is 0 Å². The summed E-state index contributed by atoms with van der Waals surface area (Å²) in [6.07, 6.45) is 1.00. The second-order valence-electron chi connectivity index (χ2n) is 7.85. The summed E-state index contributed by atoms with van der Waals surface area (Å²) in [4.78, 5) is 40.3. The molecule has 0 aliphatic carbocycles. The van der Waals surface area contributed by atoms with Gasteiger partial charge in [-0.15, -0.1) is 0 Å². The van der Waals surface area contributed by atoms with E-state index in [4.69, 9.17) is 0 Å². The Morgan fingerprint density at radius 3 is 2.76 bits per heavy atom. The fourth-order valence-corrected chi connectivity index (χ4v) is 4.17. The van der Waals surface area contributed by atoms with E-state index in [1.54, 1.807) is 16.7 Å². The number of carbonyl (C=O) groups is 3. The molecule has 0 unspecified atom stereocenters. The number of amides is 3. The molecule has 2 aromatic rings. The summed E-state index contributed by atoms with van der Waals surface area (Å²) < 4.78 is 0. The fourth-order valence-electron chi connectivity index (χ4n) is 4.17. The Morgan fingerprint density at radius 1 is 1.17 bits per heavy atom. The van der Waals surface area contributed by atoms with Gasteiger partial charge in [0.15, 0.2) is 0 Å². The molecule has 1 fully saturated rings. The molecule has 2 aromatic carbocycles. The maximum Gasteiger partial charge on any atom is 0.227 e. The van der Waals surface area contributed by atoms with Crippen molar-refractivity contribution in [3.8, 4) is 0 Å². The van der Waals surface area contributed by atoms with E-state index in [2.05, 4.69) is 5.32 Å². The largest absolute Gasteiger partial charge is 0.352 e. The highest BCUT2D eigenvalue weighted by Gasteiger charge is 2.35. The van der Waals surface area contributed by atoms with Crippen molar-refractivity contribution in [2.24, 2.45) is 5.92 Å². The van der Waals surface area contributed by atoms with Crippen molar-refractivity contribution < 1.29 is 14.4 Å². The Labute approximate surface area is 170 Å². The number of rotatable bonds is 4. The zero-order chi connectivity index (χ0) is 20.5. The number of carbonyl (C=O) groups excluding carboxylic acids is 3. The minimum atomic E-state index is -0.353. The standard InChI is InChI=1S/C23H25N3O3/c1-15-4-3-5-17(10-15)13-24-23(29)19-12-22(28)26(14-19)20-6-7-21-18(11-20)8-9-25(21)16(2)27/h3-7,10-11,19H,8-9,12-14H2,1-2H3,(H,24,29)/t19-/m1/s1. The Kier molecular flexibility index (Phi) is 5.09. The topological polar surface area (TPSA) is 69.7 Å². The number of nitrogens with zero attached hydrogens (tertiary/aromatic N) is 2. The molecule has 0 spiro atoms. The summed E-state index contributed by atoms with van der Waals surface area (Å²) in [5, 5.41) is 2.96. The Morgan fingerprint density at radius 2 is 2.00 bits per heavy atom. The molecule has 0 aromatic heterocycles. The second kappa shape index (κ2) is 7.70. The van der Waals surface area contributed by atoms with Crippen molar-refractivity contribution in [3.05, 3.63) is 59.2 Å². The van der Waals surface area contributed by atoms with Gasteiger partial charge in [0, 0.05) is 44.4 Å². The monoisotopic (exact) mass is 391 g/mol. The third-order valence-electron chi connectivity index (χ3n) is 5.70. The highest BCUT2D eigenvalue weighted by Crippen LogP contribution is 2.34. The summed E-state index contributed by atoms with van der Waals surface area (Å²) in [5.74, 6) is -0.457. The zero-order valence-electron chi connectivity index (χ0n) is 16.8. The third-order valence-corrected chi connectivity index (χ3v) is 5.70. The van der Waals surface area contributed by atoms with E-state index >= 15 is 0 Å². The average molecular weight is 391 g/mol. The third kappa shape index (κ3) is 3.88. The van der Waals surface area contributed by atoms with E-state index in [1.807, 2.05) is 49.4 Å². The van der Waals surface area contributed by atoms with Gasteiger partial charge < -0.3 is 15.1 Å². The number of aryl methyl sites for hydroxylation is 1. The van der Waals surface area contributed by atoms with Crippen LogP contribution in [-0.4, -0.2) is 30.8 Å². The van der Waals surface area contributed by atoms with Gasteiger partial charge in [-0.2, -0.15) is 0 Å². The first-order chi connectivity index (χ1) is 13.9. The molecule has 1 N–H and O–H groups in total. The molecule has 150 valence electrons. The molecule has 6 heteroatoms. The van der Waals surface area contributed by atoms with Crippen molar-refractivity contribution in [1.29, 1.82) is 0 Å². The molecule has 3 amide bonds. The summed E-state index contributed by atoms with van der Waals surface area (Å²) in [7, 11) is 0. The number of nitrogens with one attached hydrogen (secondary N) is 1. The van der Waals surface area contributed by atoms with Gasteiger partial charge in [-0.3, -0.25) is 14.4 Å². The van der Waals surface area contributed by atoms with Gasteiger partial charge in [0.2, 0.25) is 17.7 Å². The predicted octanol–water partition coefficient (Wildman–Crippen LogP) is 2.57. The highest BCUT2D eigenvalue weighted by molar-refractivity contribution is 6.01. The van der Waals surface area contributed by atoms with Crippen LogP contribution in [0.25, 0.3) is 0 Å². The molecule has 0 radical (unpaired) electrons. The number of hydrogen-bond donors (Lipinski definition) is 1. The number of fused-ring (bicyclic) bond motifs is 1. The van der Waals surface area contributed by atoms with Crippen LogP contribution in [0.1, 0.15) is 30.0 Å². The zero-order valence-corrected chi connectivity index (χ0v) is 16.8. The van der Waals surface area contributed by atoms with Gasteiger partial charge in [0.05, 0.1) is 5.92 Å². The van der Waals surface area contributed by atoms with Crippen LogP contribution in [0.3, 0.4) is 0 Å². The van der Waals surface area contributed by atoms with Crippen molar-refractivity contribution in [1.82, 2.24) is 5.32 Å². The molecule has 6 nitrogen and oxygen atoms in total. The van der Waals surface area contributed by atoms with E-state index in [-0.39, 0.29) is 30.1 Å². The van der Waals surface area contributed by atoms with Gasteiger partial charge in [0.25, 0.3) is 0 Å². The van der Waals surface area contributed by atoms with E-state index in [1.165, 1.54) is 0 Å². The molecule has 2 aliphatic heterocycles. The quantitative estimate of drug-likeness (QED) is 0.871. The van der Waals surface area contributed by atoms with Gasteiger partial charge in [-0.25, -0.2) is 0 Å². The van der Waals surface area contributed by atoms with Crippen molar-refractivity contribution in [2.45, 2.75) is 33.2 Å². The molecule has 2 heterocycles. The number of hydrogen-bond acceptors (Lipinski definition) is 3. The number of anilines is 2. The van der Waals surface area contributed by atoms with Crippen LogP contribution in [-0.2, 0) is 27.3 Å². The smallest absolute Gasteiger partial charge is 0.227 e. The predicted molar refractivity (Wildman–Crippen MR) is 112 cm³/mol. The first-order valence-electron chi connectivity index (χ1n) is 9.97. The van der Waals surface area contributed by atoms with Crippen molar-refractivity contribution >= 4 is 29.1 Å². The lowest BCUT2D eigenvalue weighted by atomic mass is 10.1. The summed E-state index contributed by atoms with van der Waals surface area (Å²) in [6, 6.07) is 13.8. The summed E-state index contributed by atoms with van der Waals surface area (Å²) in [6.45, 7) is 5.10. The normalized spacial score (nSPS) is 18.1. The Balaban J connectivity index is 1.42. The molecular formula is C23H25N3O3. The molecule has 2 aliphatic rings. The molecular weight excluding hydrogens is 366 g/mol. The van der Waals surface area contributed by atoms with Crippen LogP contribution < -0.4 is 15.1 Å². The maximum atomic E-state index is 12.6. The van der Waals surface area contributed by atoms with Crippen molar-refractivity contribution in [2.75, 3.05) is 22.9 Å². The minimum Gasteiger partial charge on any atom is -0.352 e. The molecule has 1 saturated heterocycles. The van der Waals surface area contributed by atoms with Gasteiger partial charge in [0.1, 0.15) is 0 Å². The first-order valence-corrected chi connectivity index (χ1v) is 9.97. The van der Waals surface area contributed by atoms with Gasteiger partial charge in [-0.1, -0.05) is 29.8 Å². The summed E-state index contributed by atoms with van der Waals surface area (Å²) in [5.41, 5.74) is 4.98. The molecule has 4 rings (SSSR count). The lowest BCUT2D eigenvalue weighted by Gasteiger charge is -2.19. The average Bonchev–Trinajstić information content (AvgIpc) is 3.29. The molecule has 0 saturated carbocycles. The van der Waals surface area contributed by atoms with Crippen LogP contribution in [0, 0.1) is 12.8 Å². The molecule has 0 bridgehead atoms. The fraction of sp³-hybridized carbons (Fsp3) is 0.348. The van der Waals surface area contributed by atoms with Gasteiger partial charge in [-0.05, 0) is 42.7 Å². The van der Waals surface area contributed by atoms with Crippen LogP contribution >= 0.6 is 0 Å². The first kappa shape index (κ1) is 19.2. The Hall–Kier alpha value is -3.15. The second-order valence-corrected chi connectivity index (χ2v) is 7.85. The van der Waals surface area contributed by atoms with E-state index in [9.17, 15) is 14.4 Å². The minimum absolute atomic E-state index is 0.0269. The summed E-state index contributed by atoms with van der Waals surface area (Å²) >= 11 is 0. The Bertz CT molecular complexity index is 985. The lowest BCUT2D eigenvalue weighted by molar-refractivity contribution is -0.126. The van der Waals surface area contributed by atoms with Gasteiger partial charge >= 0.3 is 0 Å². The SMILES string of the molecule is CC(=O)N1CCc2cc(N3C[C@H](C(=O)NCc4cccc(C)c4)CC3=O)ccc21. The number of benzene rings is 2. The maximum absolute atomic E-state index is 12.6. The highest BCUT2D eigenvalue weighted by atomic mass is 16.2. The lowest BCUT2D eigenvalue weighted by Crippen LogP contribution is -2.32. The van der Waals surface area contributed by atoms with E-state index in [0.29, 0.717) is 19.6 Å². The van der Waals surface area contributed by atoms with Crippen LogP contribution in [0.5, 0.6) is 0 Å². The van der Waals surface area contributed by atoms with Crippen LogP contribution in [0.15, 0.2) is 42.5 Å². The molecule has 29 heavy (non-hydrogen) atoms. The van der Waals surface area contributed by atoms with E-state index in [0.717, 1.165) is 34.5 Å². The van der Waals surface area contributed by atoms with Crippen molar-refractivity contribution in [3.63, 3.8) is 0 Å². The van der Waals surface area contributed by atoms with Crippen LogP contribution in [0.4, 0.5) is 11.4 Å².